The van der Waals surface area contributed by atoms with Gasteiger partial charge in [0.15, 0.2) is 11.6 Å². The van der Waals surface area contributed by atoms with Crippen molar-refractivity contribution in [3.63, 3.8) is 0 Å². The second-order valence-corrected chi connectivity index (χ2v) is 10.3. The normalized spacial score (nSPS) is 13.9. The molecule has 1 fully saturated rings. The molecule has 194 valence electrons. The summed E-state index contributed by atoms with van der Waals surface area (Å²) < 4.78 is 19.7. The lowest BCUT2D eigenvalue weighted by atomic mass is 9.88. The maximum Gasteiger partial charge on any atom is 0.167 e. The van der Waals surface area contributed by atoms with E-state index in [2.05, 4.69) is 10.2 Å². The first-order valence-electron chi connectivity index (χ1n) is 13.2. The molecule has 2 heterocycles. The zero-order valence-corrected chi connectivity index (χ0v) is 21.8. The van der Waals surface area contributed by atoms with Gasteiger partial charge < -0.3 is 4.42 Å². The molecule has 0 unspecified atom stereocenters. The quantitative estimate of drug-likeness (QED) is 0.195. The Kier molecular flexibility index (Phi) is 6.18. The van der Waals surface area contributed by atoms with Gasteiger partial charge in [0.25, 0.3) is 0 Å². The van der Waals surface area contributed by atoms with Crippen LogP contribution in [-0.4, -0.2) is 21.8 Å². The predicted molar refractivity (Wildman–Crippen MR) is 148 cm³/mol. The number of hydrogen-bond acceptors (Lipinski definition) is 5. The lowest BCUT2D eigenvalue weighted by molar-refractivity contribution is 0.0967. The number of nitrogens with zero attached hydrogens (tertiary/aromatic N) is 2. The van der Waals surface area contributed by atoms with Crippen LogP contribution >= 0.6 is 0 Å². The number of carbonyl (C=O) groups is 2. The average Bonchev–Trinajstić information content (AvgIpc) is 3.65. The molecule has 0 saturated heterocycles. The van der Waals surface area contributed by atoms with Crippen LogP contribution in [0.25, 0.3) is 33.4 Å². The summed E-state index contributed by atoms with van der Waals surface area (Å²) in [7, 11) is 0. The molecule has 39 heavy (non-hydrogen) atoms. The molecule has 0 amide bonds. The number of ketones is 2. The topological polar surface area (TPSA) is 73.1 Å². The van der Waals surface area contributed by atoms with Crippen molar-refractivity contribution in [2.45, 2.75) is 44.9 Å². The Bertz CT molecular complexity index is 1720. The Morgan fingerprint density at radius 1 is 0.923 bits per heavy atom. The average molecular weight is 519 g/mol. The van der Waals surface area contributed by atoms with E-state index in [1.807, 2.05) is 56.3 Å². The summed E-state index contributed by atoms with van der Waals surface area (Å²) in [4.78, 5) is 26.5. The Labute approximate surface area is 225 Å². The van der Waals surface area contributed by atoms with Gasteiger partial charge in [-0.2, -0.15) is 10.2 Å². The van der Waals surface area contributed by atoms with Gasteiger partial charge in [0.2, 0.25) is 0 Å². The number of hydrogen-bond donors (Lipinski definition) is 0. The van der Waals surface area contributed by atoms with Crippen LogP contribution in [0.3, 0.4) is 0 Å². The summed E-state index contributed by atoms with van der Waals surface area (Å²) in [6, 6.07) is 19.5. The summed E-state index contributed by atoms with van der Waals surface area (Å²) in [5.41, 5.74) is 6.14. The highest BCUT2D eigenvalue weighted by Crippen LogP contribution is 2.51. The van der Waals surface area contributed by atoms with E-state index in [1.165, 1.54) is 12.1 Å². The first-order chi connectivity index (χ1) is 18.9. The summed E-state index contributed by atoms with van der Waals surface area (Å²) in [6.45, 7) is 3.82. The second-order valence-electron chi connectivity index (χ2n) is 10.3. The minimum atomic E-state index is -0.351. The van der Waals surface area contributed by atoms with Crippen LogP contribution < -0.4 is 0 Å². The monoisotopic (exact) mass is 518 g/mol. The van der Waals surface area contributed by atoms with E-state index in [1.54, 1.807) is 24.5 Å². The third-order valence-electron chi connectivity index (χ3n) is 7.81. The lowest BCUT2D eigenvalue weighted by Gasteiger charge is -2.15. The van der Waals surface area contributed by atoms with Crippen LogP contribution in [0.4, 0.5) is 4.39 Å². The van der Waals surface area contributed by atoms with Gasteiger partial charge in [0.05, 0.1) is 11.8 Å². The van der Waals surface area contributed by atoms with Crippen LogP contribution in [-0.2, 0) is 5.41 Å². The van der Waals surface area contributed by atoms with Crippen molar-refractivity contribution in [1.82, 2.24) is 10.2 Å². The van der Waals surface area contributed by atoms with Gasteiger partial charge >= 0.3 is 0 Å². The molecule has 5 aromatic rings. The smallest absolute Gasteiger partial charge is 0.167 e. The minimum absolute atomic E-state index is 0.0498. The highest BCUT2D eigenvalue weighted by molar-refractivity contribution is 6.12. The maximum absolute atomic E-state index is 13.6. The summed E-state index contributed by atoms with van der Waals surface area (Å²) in [6.07, 6.45) is 6.10. The van der Waals surface area contributed by atoms with Crippen LogP contribution in [0.5, 0.6) is 0 Å². The lowest BCUT2D eigenvalue weighted by Crippen LogP contribution is -2.14. The highest BCUT2D eigenvalue weighted by Gasteiger charge is 2.46. The molecule has 2 aromatic heterocycles. The number of rotatable bonds is 8. The molecule has 0 bridgehead atoms. The van der Waals surface area contributed by atoms with Gasteiger partial charge in [-0.1, -0.05) is 25.1 Å². The highest BCUT2D eigenvalue weighted by atomic mass is 19.1. The van der Waals surface area contributed by atoms with E-state index < -0.39 is 0 Å². The third-order valence-corrected chi connectivity index (χ3v) is 7.81. The summed E-state index contributed by atoms with van der Waals surface area (Å²) in [5.74, 6) is 0.132. The Morgan fingerprint density at radius 3 is 2.38 bits per heavy atom. The molecule has 1 aliphatic carbocycles. The fraction of sp³-hybridized carbons (Fsp3) is 0.212. The van der Waals surface area contributed by atoms with E-state index in [4.69, 9.17) is 4.42 Å². The van der Waals surface area contributed by atoms with Crippen molar-refractivity contribution < 1.29 is 18.4 Å². The number of furan rings is 1. The molecule has 1 aliphatic rings. The first-order valence-corrected chi connectivity index (χ1v) is 13.2. The van der Waals surface area contributed by atoms with Crippen LogP contribution in [0, 0.1) is 12.7 Å². The van der Waals surface area contributed by atoms with Crippen LogP contribution in [0.1, 0.15) is 64.4 Å². The van der Waals surface area contributed by atoms with Crippen molar-refractivity contribution in [3.05, 3.63) is 107 Å². The van der Waals surface area contributed by atoms with Crippen molar-refractivity contribution in [1.29, 1.82) is 0 Å². The third kappa shape index (κ3) is 4.56. The van der Waals surface area contributed by atoms with Crippen molar-refractivity contribution in [3.8, 4) is 22.5 Å². The first kappa shape index (κ1) is 24.9. The Balaban J connectivity index is 1.39. The molecule has 0 radical (unpaired) electrons. The minimum Gasteiger partial charge on any atom is -0.455 e. The molecule has 0 spiro atoms. The molecule has 6 heteroatoms. The van der Waals surface area contributed by atoms with Crippen LogP contribution in [0.15, 0.2) is 83.5 Å². The second kappa shape index (κ2) is 9.70. The Morgan fingerprint density at radius 2 is 1.69 bits per heavy atom. The molecule has 5 nitrogen and oxygen atoms in total. The number of carbonyl (C=O) groups excluding carboxylic acids is 2. The maximum atomic E-state index is 13.6. The van der Waals surface area contributed by atoms with Gasteiger partial charge in [-0.3, -0.25) is 9.59 Å². The number of aryl methyl sites for hydroxylation is 1. The molecule has 1 saturated carbocycles. The van der Waals surface area contributed by atoms with E-state index in [0.29, 0.717) is 46.3 Å². The molecule has 0 N–H and O–H groups in total. The number of Topliss-reactive ketones (excluding diaryl/α,β-unsaturated/α-hetero) is 2. The van der Waals surface area contributed by atoms with Crippen molar-refractivity contribution >= 4 is 22.5 Å². The molecule has 3 aromatic carbocycles. The van der Waals surface area contributed by atoms with Gasteiger partial charge in [0, 0.05) is 41.0 Å². The number of halogens is 1. The zero-order valence-electron chi connectivity index (χ0n) is 21.8. The van der Waals surface area contributed by atoms with Crippen molar-refractivity contribution in [2.24, 2.45) is 0 Å². The van der Waals surface area contributed by atoms with Gasteiger partial charge in [-0.15, -0.1) is 0 Å². The fourth-order valence-corrected chi connectivity index (χ4v) is 5.36. The van der Waals surface area contributed by atoms with Gasteiger partial charge in [-0.25, -0.2) is 4.39 Å². The van der Waals surface area contributed by atoms with E-state index >= 15 is 0 Å². The molecule has 0 aliphatic heterocycles. The number of fused-ring (bicyclic) bond motifs is 1. The molecule has 0 atom stereocenters. The SMILES string of the molecule is CCC(=O)c1c(-c2ccc(F)cc2)oc2ccc(-c3cc(C(=O)CC4(c5ccnnc5)CC4)ccc3C)cc12. The molecule has 6 rings (SSSR count). The fourth-order valence-electron chi connectivity index (χ4n) is 5.36. The predicted octanol–water partition coefficient (Wildman–Crippen LogP) is 7.90. The van der Waals surface area contributed by atoms with E-state index in [0.717, 1.165) is 35.1 Å². The van der Waals surface area contributed by atoms with Gasteiger partial charge in [0.1, 0.15) is 17.2 Å². The van der Waals surface area contributed by atoms with Crippen LogP contribution in [0.2, 0.25) is 0 Å². The molecular formula is C33H27FN2O3. The van der Waals surface area contributed by atoms with Gasteiger partial charge in [-0.05, 0) is 90.6 Å². The summed E-state index contributed by atoms with van der Waals surface area (Å²) >= 11 is 0. The number of aromatic nitrogens is 2. The number of benzene rings is 3. The zero-order chi connectivity index (χ0) is 27.1. The van der Waals surface area contributed by atoms with E-state index in [9.17, 15) is 14.0 Å². The van der Waals surface area contributed by atoms with E-state index in [-0.39, 0.29) is 22.8 Å². The molecular weight excluding hydrogens is 491 g/mol. The van der Waals surface area contributed by atoms with Crippen molar-refractivity contribution in [2.75, 3.05) is 0 Å². The Hall–Kier alpha value is -4.45. The standard InChI is InChI=1S/C33H27FN2O3/c1-3-28(37)31-27-16-22(8-11-30(27)39-32(31)21-6-9-25(34)10-7-21)26-17-23(5-4-20(26)2)29(38)18-33(13-14-33)24-12-15-35-36-19-24/h4-12,15-17,19H,3,13-14,18H2,1-2H3. The largest absolute Gasteiger partial charge is 0.455 e. The summed E-state index contributed by atoms with van der Waals surface area (Å²) in [5, 5.41) is 8.57.